The van der Waals surface area contributed by atoms with Gasteiger partial charge in [0.25, 0.3) is 0 Å². The molecule has 0 amide bonds. The number of carbonyl (C=O) groups is 2. The molecule has 0 unspecified atom stereocenters. The van der Waals surface area contributed by atoms with Gasteiger partial charge in [-0.2, -0.15) is 0 Å². The average molecular weight is 292 g/mol. The first-order valence-corrected chi connectivity index (χ1v) is 5.90. The van der Waals surface area contributed by atoms with E-state index in [0.717, 1.165) is 0 Å². The van der Waals surface area contributed by atoms with E-state index in [2.05, 4.69) is 4.74 Å². The van der Waals surface area contributed by atoms with Gasteiger partial charge in [-0.3, -0.25) is 9.59 Å². The monoisotopic (exact) mass is 292 g/mol. The lowest BCUT2D eigenvalue weighted by molar-refractivity contribution is -0.143. The Kier molecular flexibility index (Phi) is 5.66. The first-order chi connectivity index (χ1) is 9.38. The van der Waals surface area contributed by atoms with E-state index in [1.807, 2.05) is 0 Å². The average Bonchev–Trinajstić information content (AvgIpc) is 2.40. The summed E-state index contributed by atoms with van der Waals surface area (Å²) in [6, 6.07) is 0.306. The van der Waals surface area contributed by atoms with E-state index in [1.165, 1.54) is 0 Å². The normalized spacial score (nSPS) is 10.4. The Hall–Kier alpha value is -1.92. The molecular weight excluding hydrogens is 280 g/mol. The summed E-state index contributed by atoms with van der Waals surface area (Å²) >= 11 is 0. The number of rotatable bonds is 6. The second kappa shape index (κ2) is 7.02. The predicted octanol–water partition coefficient (Wildman–Crippen LogP) is 3.16. The standard InChI is InChI=1S/C13H12F4O3/c1-2-20-10(19)5-3-4-9(18)7-6-8(14)12(16)13(17)11(7)15/h6H,2-5H2,1H3. The van der Waals surface area contributed by atoms with Gasteiger partial charge in [0.15, 0.2) is 29.1 Å². The van der Waals surface area contributed by atoms with Crippen molar-refractivity contribution in [3.8, 4) is 0 Å². The lowest BCUT2D eigenvalue weighted by atomic mass is 10.0. The van der Waals surface area contributed by atoms with Crippen LogP contribution in [0.1, 0.15) is 36.5 Å². The van der Waals surface area contributed by atoms with Crippen molar-refractivity contribution in [2.24, 2.45) is 0 Å². The van der Waals surface area contributed by atoms with Crippen molar-refractivity contribution in [3.05, 3.63) is 34.9 Å². The van der Waals surface area contributed by atoms with Crippen LogP contribution < -0.4 is 0 Å². The molecule has 0 aliphatic carbocycles. The molecular formula is C13H12F4O3. The molecule has 0 aliphatic rings. The number of carbonyl (C=O) groups excluding carboxylic acids is 2. The summed E-state index contributed by atoms with van der Waals surface area (Å²) in [6.07, 6.45) is -0.342. The van der Waals surface area contributed by atoms with Gasteiger partial charge in [-0.05, 0) is 19.4 Å². The lowest BCUT2D eigenvalue weighted by Crippen LogP contribution is -2.09. The van der Waals surface area contributed by atoms with Gasteiger partial charge in [0, 0.05) is 12.8 Å². The lowest BCUT2D eigenvalue weighted by Gasteiger charge is -2.05. The van der Waals surface area contributed by atoms with E-state index in [4.69, 9.17) is 0 Å². The van der Waals surface area contributed by atoms with E-state index < -0.39 is 40.6 Å². The highest BCUT2D eigenvalue weighted by atomic mass is 19.2. The number of hydrogen-bond donors (Lipinski definition) is 0. The Morgan fingerprint density at radius 1 is 1.05 bits per heavy atom. The van der Waals surface area contributed by atoms with Gasteiger partial charge < -0.3 is 4.74 Å². The molecule has 20 heavy (non-hydrogen) atoms. The molecule has 0 saturated carbocycles. The SMILES string of the molecule is CCOC(=O)CCCC(=O)c1cc(F)c(F)c(F)c1F. The molecule has 0 spiro atoms. The van der Waals surface area contributed by atoms with Crippen molar-refractivity contribution < 1.29 is 31.9 Å². The van der Waals surface area contributed by atoms with E-state index in [-0.39, 0.29) is 25.9 Å². The van der Waals surface area contributed by atoms with Crippen LogP contribution in [0.25, 0.3) is 0 Å². The zero-order chi connectivity index (χ0) is 15.3. The minimum absolute atomic E-state index is 0.0394. The zero-order valence-corrected chi connectivity index (χ0v) is 10.6. The number of halogens is 4. The van der Waals surface area contributed by atoms with Crippen LogP contribution in [-0.2, 0) is 9.53 Å². The molecule has 7 heteroatoms. The van der Waals surface area contributed by atoms with Crippen molar-refractivity contribution in [2.45, 2.75) is 26.2 Å². The first kappa shape index (κ1) is 16.1. The van der Waals surface area contributed by atoms with Crippen LogP contribution in [0.5, 0.6) is 0 Å². The fourth-order valence-corrected chi connectivity index (χ4v) is 1.54. The molecule has 0 N–H and O–H groups in total. The molecule has 110 valence electrons. The van der Waals surface area contributed by atoms with Gasteiger partial charge in [0.2, 0.25) is 0 Å². The first-order valence-electron chi connectivity index (χ1n) is 5.90. The van der Waals surface area contributed by atoms with Crippen LogP contribution in [0.15, 0.2) is 6.07 Å². The molecule has 1 aromatic rings. The van der Waals surface area contributed by atoms with E-state index in [9.17, 15) is 27.2 Å². The molecule has 0 saturated heterocycles. The maximum absolute atomic E-state index is 13.3. The fraction of sp³-hybridized carbons (Fsp3) is 0.385. The molecule has 0 aromatic heterocycles. The zero-order valence-electron chi connectivity index (χ0n) is 10.6. The van der Waals surface area contributed by atoms with Crippen molar-refractivity contribution in [1.82, 2.24) is 0 Å². The maximum Gasteiger partial charge on any atom is 0.305 e. The quantitative estimate of drug-likeness (QED) is 0.266. The van der Waals surface area contributed by atoms with Gasteiger partial charge >= 0.3 is 5.97 Å². The van der Waals surface area contributed by atoms with E-state index in [1.54, 1.807) is 6.92 Å². The molecule has 0 aliphatic heterocycles. The predicted molar refractivity (Wildman–Crippen MR) is 61.1 cm³/mol. The number of ether oxygens (including phenoxy) is 1. The molecule has 0 radical (unpaired) electrons. The Labute approximate surface area is 112 Å². The number of hydrogen-bond acceptors (Lipinski definition) is 3. The Morgan fingerprint density at radius 3 is 2.30 bits per heavy atom. The third kappa shape index (κ3) is 3.79. The molecule has 0 fully saturated rings. The van der Waals surface area contributed by atoms with Crippen molar-refractivity contribution in [2.75, 3.05) is 6.61 Å². The molecule has 1 rings (SSSR count). The highest BCUT2D eigenvalue weighted by Crippen LogP contribution is 2.20. The third-order valence-electron chi connectivity index (χ3n) is 2.49. The van der Waals surface area contributed by atoms with Gasteiger partial charge in [-0.1, -0.05) is 0 Å². The van der Waals surface area contributed by atoms with Gasteiger partial charge in [-0.25, -0.2) is 17.6 Å². The minimum Gasteiger partial charge on any atom is -0.466 e. The number of esters is 1. The van der Waals surface area contributed by atoms with Crippen LogP contribution in [-0.4, -0.2) is 18.4 Å². The van der Waals surface area contributed by atoms with Crippen molar-refractivity contribution in [1.29, 1.82) is 0 Å². The Morgan fingerprint density at radius 2 is 1.70 bits per heavy atom. The second-order valence-electron chi connectivity index (χ2n) is 3.93. The highest BCUT2D eigenvalue weighted by Gasteiger charge is 2.22. The Bertz CT molecular complexity index is 529. The third-order valence-corrected chi connectivity index (χ3v) is 2.49. The molecule has 1 aromatic carbocycles. The topological polar surface area (TPSA) is 43.4 Å². The van der Waals surface area contributed by atoms with Gasteiger partial charge in [-0.15, -0.1) is 0 Å². The van der Waals surface area contributed by atoms with E-state index >= 15 is 0 Å². The van der Waals surface area contributed by atoms with E-state index in [0.29, 0.717) is 6.07 Å². The highest BCUT2D eigenvalue weighted by molar-refractivity contribution is 5.96. The van der Waals surface area contributed by atoms with Gasteiger partial charge in [0.05, 0.1) is 12.2 Å². The van der Waals surface area contributed by atoms with Crippen LogP contribution in [0, 0.1) is 23.3 Å². The van der Waals surface area contributed by atoms with Crippen LogP contribution >= 0.6 is 0 Å². The summed E-state index contributed by atoms with van der Waals surface area (Å²) in [6.45, 7) is 1.80. The largest absolute Gasteiger partial charge is 0.466 e. The summed E-state index contributed by atoms with van der Waals surface area (Å²) in [7, 11) is 0. The van der Waals surface area contributed by atoms with Crippen molar-refractivity contribution >= 4 is 11.8 Å². The van der Waals surface area contributed by atoms with Gasteiger partial charge in [0.1, 0.15) is 0 Å². The maximum atomic E-state index is 13.3. The van der Waals surface area contributed by atoms with Crippen LogP contribution in [0.4, 0.5) is 17.6 Å². The summed E-state index contributed by atoms with van der Waals surface area (Å²) in [5.41, 5.74) is -0.870. The smallest absolute Gasteiger partial charge is 0.305 e. The molecule has 0 bridgehead atoms. The van der Waals surface area contributed by atoms with Crippen LogP contribution in [0.3, 0.4) is 0 Å². The molecule has 3 nitrogen and oxygen atoms in total. The fourth-order valence-electron chi connectivity index (χ4n) is 1.54. The Balaban J connectivity index is 2.72. The summed E-state index contributed by atoms with van der Waals surface area (Å²) in [5, 5.41) is 0. The summed E-state index contributed by atoms with van der Waals surface area (Å²) in [5.74, 6) is -8.81. The number of benzene rings is 1. The second-order valence-corrected chi connectivity index (χ2v) is 3.93. The van der Waals surface area contributed by atoms with Crippen molar-refractivity contribution in [3.63, 3.8) is 0 Å². The summed E-state index contributed by atoms with van der Waals surface area (Å²) in [4.78, 5) is 22.6. The molecule has 0 heterocycles. The minimum atomic E-state index is -2.03. The summed E-state index contributed by atoms with van der Waals surface area (Å²) < 4.78 is 56.5. The molecule has 0 atom stereocenters. The number of Topliss-reactive ketones (excluding diaryl/α,β-unsaturated/α-hetero) is 1. The van der Waals surface area contributed by atoms with Crippen LogP contribution in [0.2, 0.25) is 0 Å². The number of ketones is 1.